The molecule has 0 unspecified atom stereocenters. The fourth-order valence-electron chi connectivity index (χ4n) is 5.05. The number of nitrogens with zero attached hydrogens (tertiary/aromatic N) is 2. The van der Waals surface area contributed by atoms with E-state index < -0.39 is 28.5 Å². The molecular weight excluding hydrogens is 581 g/mol. The summed E-state index contributed by atoms with van der Waals surface area (Å²) in [6, 6.07) is 19.1. The summed E-state index contributed by atoms with van der Waals surface area (Å²) in [5.41, 5.74) is 1.97. The van der Waals surface area contributed by atoms with Crippen LogP contribution in [0.2, 0.25) is 10.0 Å². The van der Waals surface area contributed by atoms with Crippen LogP contribution in [0, 0.1) is 6.92 Å². The highest BCUT2D eigenvalue weighted by Crippen LogP contribution is 2.27. The average Bonchev–Trinajstić information content (AvgIpc) is 3.46. The number of anilines is 1. The molecule has 3 aromatic rings. The Morgan fingerprint density at radius 1 is 0.902 bits per heavy atom. The van der Waals surface area contributed by atoms with Crippen molar-refractivity contribution in [1.29, 1.82) is 0 Å². The Labute approximate surface area is 252 Å². The van der Waals surface area contributed by atoms with Crippen LogP contribution < -0.4 is 9.62 Å². The van der Waals surface area contributed by atoms with E-state index in [1.54, 1.807) is 60.7 Å². The van der Waals surface area contributed by atoms with Crippen LogP contribution in [-0.2, 0) is 26.2 Å². The number of nitrogens with one attached hydrogen (secondary N) is 1. The van der Waals surface area contributed by atoms with Crippen LogP contribution in [0.5, 0.6) is 0 Å². The summed E-state index contributed by atoms with van der Waals surface area (Å²) in [7, 11) is -4.14. The van der Waals surface area contributed by atoms with Crippen LogP contribution in [0.25, 0.3) is 0 Å². The maximum atomic E-state index is 14.1. The van der Waals surface area contributed by atoms with E-state index in [2.05, 4.69) is 5.32 Å². The molecule has 4 rings (SSSR count). The van der Waals surface area contributed by atoms with Crippen molar-refractivity contribution in [3.63, 3.8) is 0 Å². The van der Waals surface area contributed by atoms with Gasteiger partial charge in [-0.1, -0.05) is 72.8 Å². The molecule has 0 spiro atoms. The molecule has 2 amide bonds. The largest absolute Gasteiger partial charge is 0.352 e. The molecule has 1 aliphatic rings. The molecule has 1 fully saturated rings. The van der Waals surface area contributed by atoms with E-state index in [9.17, 15) is 18.0 Å². The van der Waals surface area contributed by atoms with Crippen LogP contribution in [-0.4, -0.2) is 43.8 Å². The lowest BCUT2D eigenvalue weighted by atomic mass is 10.1. The topological polar surface area (TPSA) is 86.8 Å². The highest BCUT2D eigenvalue weighted by atomic mass is 35.5. The first-order valence-electron chi connectivity index (χ1n) is 13.8. The van der Waals surface area contributed by atoms with Crippen molar-refractivity contribution < 1.29 is 18.0 Å². The maximum Gasteiger partial charge on any atom is 0.264 e. The number of rotatable bonds is 11. The minimum Gasteiger partial charge on any atom is -0.352 e. The lowest BCUT2D eigenvalue weighted by Crippen LogP contribution is -2.53. The van der Waals surface area contributed by atoms with Gasteiger partial charge in [0.25, 0.3) is 10.0 Å². The van der Waals surface area contributed by atoms with Gasteiger partial charge >= 0.3 is 0 Å². The first-order valence-corrected chi connectivity index (χ1v) is 16.0. The Morgan fingerprint density at radius 2 is 1.46 bits per heavy atom. The Bertz CT molecular complexity index is 1440. The van der Waals surface area contributed by atoms with Crippen LogP contribution in [0.4, 0.5) is 5.69 Å². The highest BCUT2D eigenvalue weighted by Gasteiger charge is 2.34. The molecular formula is C31H35Cl2N3O4S. The van der Waals surface area contributed by atoms with Gasteiger partial charge in [-0.2, -0.15) is 0 Å². The van der Waals surface area contributed by atoms with Crippen molar-refractivity contribution in [3.05, 3.63) is 94.0 Å². The first-order chi connectivity index (χ1) is 19.6. The smallest absolute Gasteiger partial charge is 0.264 e. The number of halogens is 2. The van der Waals surface area contributed by atoms with E-state index >= 15 is 0 Å². The van der Waals surface area contributed by atoms with Crippen LogP contribution >= 0.6 is 23.2 Å². The first kappa shape index (κ1) is 30.9. The SMILES string of the molecule is CC[C@H](C(=O)NC1CCCC1)N(Cc1ccc(Cl)cc1)C(=O)CN(c1ccc(Cl)cc1)S(=O)(=O)c1ccc(C)cc1. The van der Waals surface area contributed by atoms with E-state index in [-0.39, 0.29) is 23.4 Å². The van der Waals surface area contributed by atoms with Gasteiger partial charge in [-0.3, -0.25) is 13.9 Å². The fourth-order valence-corrected chi connectivity index (χ4v) is 6.71. The quantitative estimate of drug-likeness (QED) is 0.272. The second kappa shape index (κ2) is 13.7. The Morgan fingerprint density at radius 3 is 2.02 bits per heavy atom. The van der Waals surface area contributed by atoms with Gasteiger partial charge in [-0.15, -0.1) is 0 Å². The lowest BCUT2D eigenvalue weighted by molar-refractivity contribution is -0.140. The third-order valence-electron chi connectivity index (χ3n) is 7.36. The predicted molar refractivity (Wildman–Crippen MR) is 164 cm³/mol. The molecule has 1 saturated carbocycles. The number of sulfonamides is 1. The molecule has 0 aliphatic heterocycles. The van der Waals surface area contributed by atoms with Gasteiger partial charge < -0.3 is 10.2 Å². The Balaban J connectivity index is 1.70. The molecule has 7 nitrogen and oxygen atoms in total. The van der Waals surface area contributed by atoms with Crippen LogP contribution in [0.1, 0.15) is 50.2 Å². The predicted octanol–water partition coefficient (Wildman–Crippen LogP) is 6.36. The number of hydrogen-bond donors (Lipinski definition) is 1. The number of carbonyl (C=O) groups is 2. The summed E-state index contributed by atoms with van der Waals surface area (Å²) < 4.78 is 28.9. The average molecular weight is 617 g/mol. The number of amides is 2. The van der Waals surface area contributed by atoms with Crippen molar-refractivity contribution >= 4 is 50.7 Å². The minimum absolute atomic E-state index is 0.0566. The third kappa shape index (κ3) is 7.82. The number of benzene rings is 3. The highest BCUT2D eigenvalue weighted by molar-refractivity contribution is 7.92. The van der Waals surface area contributed by atoms with E-state index in [0.29, 0.717) is 22.2 Å². The molecule has 41 heavy (non-hydrogen) atoms. The van der Waals surface area contributed by atoms with Gasteiger partial charge in [0.05, 0.1) is 10.6 Å². The van der Waals surface area contributed by atoms with Crippen molar-refractivity contribution in [2.75, 3.05) is 10.8 Å². The van der Waals surface area contributed by atoms with E-state index in [1.807, 2.05) is 13.8 Å². The van der Waals surface area contributed by atoms with Crippen molar-refractivity contribution in [2.45, 2.75) is 69.5 Å². The molecule has 0 aromatic heterocycles. The molecule has 0 radical (unpaired) electrons. The zero-order chi connectivity index (χ0) is 29.6. The van der Waals surface area contributed by atoms with Crippen molar-refractivity contribution in [1.82, 2.24) is 10.2 Å². The van der Waals surface area contributed by atoms with E-state index in [1.165, 1.54) is 17.0 Å². The monoisotopic (exact) mass is 615 g/mol. The van der Waals surface area contributed by atoms with Gasteiger partial charge in [0.2, 0.25) is 11.8 Å². The fraction of sp³-hybridized carbons (Fsp3) is 0.355. The second-order valence-corrected chi connectivity index (χ2v) is 13.1. The lowest BCUT2D eigenvalue weighted by Gasteiger charge is -2.33. The van der Waals surface area contributed by atoms with Gasteiger partial charge in [0.1, 0.15) is 12.6 Å². The summed E-state index contributed by atoms with van der Waals surface area (Å²) in [6.45, 7) is 3.33. The molecule has 0 saturated heterocycles. The summed E-state index contributed by atoms with van der Waals surface area (Å²) >= 11 is 12.2. The summed E-state index contributed by atoms with van der Waals surface area (Å²) in [4.78, 5) is 29.1. The third-order valence-corrected chi connectivity index (χ3v) is 9.65. The number of aryl methyl sites for hydroxylation is 1. The molecule has 1 aliphatic carbocycles. The molecule has 3 aromatic carbocycles. The van der Waals surface area contributed by atoms with Crippen LogP contribution in [0.3, 0.4) is 0 Å². The Hall–Kier alpha value is -3.07. The van der Waals surface area contributed by atoms with E-state index in [4.69, 9.17) is 23.2 Å². The maximum absolute atomic E-state index is 14.1. The Kier molecular flexibility index (Phi) is 10.3. The van der Waals surface area contributed by atoms with Gasteiger partial charge in [0, 0.05) is 22.6 Å². The van der Waals surface area contributed by atoms with Gasteiger partial charge in [0.15, 0.2) is 0 Å². The molecule has 218 valence electrons. The summed E-state index contributed by atoms with van der Waals surface area (Å²) in [5.74, 6) is -0.736. The molecule has 0 heterocycles. The minimum atomic E-state index is -4.14. The normalized spacial score (nSPS) is 14.4. The van der Waals surface area contributed by atoms with Crippen LogP contribution in [0.15, 0.2) is 77.7 Å². The number of hydrogen-bond acceptors (Lipinski definition) is 4. The zero-order valence-corrected chi connectivity index (χ0v) is 25.6. The second-order valence-electron chi connectivity index (χ2n) is 10.4. The molecule has 10 heteroatoms. The summed E-state index contributed by atoms with van der Waals surface area (Å²) in [6.07, 6.45) is 4.30. The number of carbonyl (C=O) groups excluding carboxylic acids is 2. The van der Waals surface area contributed by atoms with Crippen molar-refractivity contribution in [2.24, 2.45) is 0 Å². The standard InChI is InChI=1S/C31H35Cl2N3O4S/c1-3-29(31(38)34-26-6-4-5-7-26)35(20-23-10-12-24(32)13-11-23)30(37)21-36(27-16-14-25(33)15-17-27)41(39,40)28-18-8-22(2)9-19-28/h8-19,26,29H,3-7,20-21H2,1-2H3,(H,34,38)/t29-/m1/s1. The van der Waals surface area contributed by atoms with Gasteiger partial charge in [-0.05, 0) is 80.3 Å². The molecule has 1 N–H and O–H groups in total. The molecule has 1 atom stereocenters. The van der Waals surface area contributed by atoms with E-state index in [0.717, 1.165) is 41.1 Å². The summed E-state index contributed by atoms with van der Waals surface area (Å²) in [5, 5.41) is 4.10. The van der Waals surface area contributed by atoms with Gasteiger partial charge in [-0.25, -0.2) is 8.42 Å². The zero-order valence-electron chi connectivity index (χ0n) is 23.2. The van der Waals surface area contributed by atoms with Crippen molar-refractivity contribution in [3.8, 4) is 0 Å². The molecule has 0 bridgehead atoms.